The van der Waals surface area contributed by atoms with Gasteiger partial charge in [0, 0.05) is 17.3 Å². The first-order valence-electron chi connectivity index (χ1n) is 7.04. The third-order valence-electron chi connectivity index (χ3n) is 3.34. The molecular formula is C17H20N2O4. The normalized spacial score (nSPS) is 10.8. The highest BCUT2D eigenvalue weighted by molar-refractivity contribution is 5.82. The second-order valence-corrected chi connectivity index (χ2v) is 5.03. The van der Waals surface area contributed by atoms with Gasteiger partial charge in [-0.1, -0.05) is 0 Å². The maximum Gasteiger partial charge on any atom is 0.271 e. The summed E-state index contributed by atoms with van der Waals surface area (Å²) in [6.07, 6.45) is 1.58. The number of hydrogen-bond acceptors (Lipinski definition) is 5. The van der Waals surface area contributed by atoms with Gasteiger partial charge in [0.15, 0.2) is 11.5 Å². The molecule has 0 radical (unpaired) electrons. The van der Waals surface area contributed by atoms with Crippen LogP contribution in [0.15, 0.2) is 34.2 Å². The third-order valence-corrected chi connectivity index (χ3v) is 3.34. The lowest BCUT2D eigenvalue weighted by molar-refractivity contribution is 0.324. The highest BCUT2D eigenvalue weighted by Crippen LogP contribution is 2.37. The Morgan fingerprint density at radius 3 is 2.04 bits per heavy atom. The highest BCUT2D eigenvalue weighted by atomic mass is 16.5. The highest BCUT2D eigenvalue weighted by Gasteiger charge is 2.12. The van der Waals surface area contributed by atoms with Crippen molar-refractivity contribution in [2.45, 2.75) is 13.8 Å². The van der Waals surface area contributed by atoms with E-state index < -0.39 is 0 Å². The van der Waals surface area contributed by atoms with Crippen molar-refractivity contribution in [2.24, 2.45) is 5.10 Å². The summed E-state index contributed by atoms with van der Waals surface area (Å²) in [7, 11) is 4.64. The Labute approximate surface area is 134 Å². The third kappa shape index (κ3) is 3.53. The van der Waals surface area contributed by atoms with E-state index in [4.69, 9.17) is 14.2 Å². The van der Waals surface area contributed by atoms with Gasteiger partial charge in [-0.05, 0) is 37.6 Å². The van der Waals surface area contributed by atoms with E-state index >= 15 is 0 Å². The van der Waals surface area contributed by atoms with Gasteiger partial charge in [0.05, 0.1) is 27.5 Å². The van der Waals surface area contributed by atoms with Crippen molar-refractivity contribution >= 4 is 6.21 Å². The largest absolute Gasteiger partial charge is 0.493 e. The van der Waals surface area contributed by atoms with Crippen LogP contribution in [0.2, 0.25) is 0 Å². The van der Waals surface area contributed by atoms with Gasteiger partial charge in [-0.2, -0.15) is 5.10 Å². The fourth-order valence-electron chi connectivity index (χ4n) is 2.31. The van der Waals surface area contributed by atoms with E-state index in [2.05, 4.69) is 5.10 Å². The molecule has 1 aromatic heterocycles. The molecule has 2 aromatic rings. The number of aryl methyl sites for hydroxylation is 2. The topological polar surface area (TPSA) is 62.1 Å². The van der Waals surface area contributed by atoms with E-state index in [1.54, 1.807) is 45.7 Å². The summed E-state index contributed by atoms with van der Waals surface area (Å²) in [5.74, 6) is 1.57. The minimum absolute atomic E-state index is 0.175. The van der Waals surface area contributed by atoms with Gasteiger partial charge in [0.2, 0.25) is 5.75 Å². The number of rotatable bonds is 5. The summed E-state index contributed by atoms with van der Waals surface area (Å²) < 4.78 is 17.2. The minimum Gasteiger partial charge on any atom is -0.493 e. The van der Waals surface area contributed by atoms with Crippen molar-refractivity contribution < 1.29 is 14.2 Å². The Balaban J connectivity index is 2.46. The van der Waals surface area contributed by atoms with Gasteiger partial charge in [0.25, 0.3) is 5.56 Å². The molecule has 122 valence electrons. The van der Waals surface area contributed by atoms with Crippen LogP contribution in [-0.4, -0.2) is 32.2 Å². The fraction of sp³-hybridized carbons (Fsp3) is 0.294. The molecular weight excluding hydrogens is 296 g/mol. The molecule has 0 bridgehead atoms. The molecule has 0 amide bonds. The maximum atomic E-state index is 12.0. The zero-order valence-electron chi connectivity index (χ0n) is 13.9. The average molecular weight is 316 g/mol. The zero-order chi connectivity index (χ0) is 17.0. The molecule has 0 fully saturated rings. The molecule has 0 aliphatic rings. The monoisotopic (exact) mass is 316 g/mol. The van der Waals surface area contributed by atoms with Crippen LogP contribution in [0, 0.1) is 13.8 Å². The van der Waals surface area contributed by atoms with Crippen LogP contribution < -0.4 is 19.8 Å². The Bertz CT molecular complexity index is 769. The van der Waals surface area contributed by atoms with Crippen LogP contribution in [0.3, 0.4) is 0 Å². The number of hydrogen-bond donors (Lipinski definition) is 0. The number of aromatic nitrogens is 1. The summed E-state index contributed by atoms with van der Waals surface area (Å²) in [5, 5.41) is 4.25. The van der Waals surface area contributed by atoms with Crippen molar-refractivity contribution in [1.29, 1.82) is 0 Å². The Morgan fingerprint density at radius 1 is 0.957 bits per heavy atom. The first kappa shape index (κ1) is 16.6. The molecule has 1 heterocycles. The maximum absolute atomic E-state index is 12.0. The van der Waals surface area contributed by atoms with E-state index in [0.29, 0.717) is 17.2 Å². The van der Waals surface area contributed by atoms with Crippen molar-refractivity contribution in [3.8, 4) is 17.2 Å². The minimum atomic E-state index is -0.175. The van der Waals surface area contributed by atoms with Crippen LogP contribution in [0.25, 0.3) is 0 Å². The van der Waals surface area contributed by atoms with E-state index in [0.717, 1.165) is 16.8 Å². The van der Waals surface area contributed by atoms with Crippen molar-refractivity contribution in [3.05, 3.63) is 51.4 Å². The van der Waals surface area contributed by atoms with Gasteiger partial charge in [-0.15, -0.1) is 0 Å². The molecule has 0 unspecified atom stereocenters. The van der Waals surface area contributed by atoms with Crippen LogP contribution in [0.5, 0.6) is 17.2 Å². The van der Waals surface area contributed by atoms with Crippen molar-refractivity contribution in [1.82, 2.24) is 4.68 Å². The second kappa shape index (κ2) is 7.00. The summed E-state index contributed by atoms with van der Waals surface area (Å²) in [5.41, 5.74) is 2.22. The predicted molar refractivity (Wildman–Crippen MR) is 89.3 cm³/mol. The Morgan fingerprint density at radius 2 is 1.57 bits per heavy atom. The van der Waals surface area contributed by atoms with Crippen LogP contribution >= 0.6 is 0 Å². The molecule has 0 atom stereocenters. The molecule has 23 heavy (non-hydrogen) atoms. The number of pyridine rings is 1. The molecule has 0 N–H and O–H groups in total. The number of benzene rings is 1. The SMILES string of the molecule is COc1cc(/C=N/n2c(C)cc(C)cc2=O)cc(OC)c1OC. The molecule has 2 rings (SSSR count). The first-order valence-corrected chi connectivity index (χ1v) is 7.04. The van der Waals surface area contributed by atoms with Gasteiger partial charge in [-0.25, -0.2) is 4.68 Å². The molecule has 6 heteroatoms. The van der Waals surface area contributed by atoms with E-state index in [1.165, 1.54) is 4.68 Å². The van der Waals surface area contributed by atoms with Crippen molar-refractivity contribution in [3.63, 3.8) is 0 Å². The quantitative estimate of drug-likeness (QED) is 0.795. The molecule has 1 aromatic carbocycles. The smallest absolute Gasteiger partial charge is 0.271 e. The van der Waals surface area contributed by atoms with Crippen LogP contribution in [0.1, 0.15) is 16.8 Å². The number of nitrogens with zero attached hydrogens (tertiary/aromatic N) is 2. The summed E-state index contributed by atoms with van der Waals surface area (Å²) in [6.45, 7) is 3.71. The summed E-state index contributed by atoms with van der Waals surface area (Å²) in [4.78, 5) is 12.0. The molecule has 6 nitrogen and oxygen atoms in total. The lowest BCUT2D eigenvalue weighted by Gasteiger charge is -2.12. The van der Waals surface area contributed by atoms with Gasteiger partial charge in [0.1, 0.15) is 0 Å². The number of methoxy groups -OCH3 is 3. The summed E-state index contributed by atoms with van der Waals surface area (Å²) >= 11 is 0. The average Bonchev–Trinajstić information content (AvgIpc) is 2.52. The molecule has 0 saturated carbocycles. The van der Waals surface area contributed by atoms with Gasteiger partial charge in [-0.3, -0.25) is 4.79 Å². The lowest BCUT2D eigenvalue weighted by Crippen LogP contribution is -2.18. The predicted octanol–water partition coefficient (Wildman–Crippen LogP) is 2.37. The second-order valence-electron chi connectivity index (χ2n) is 5.03. The fourth-order valence-corrected chi connectivity index (χ4v) is 2.31. The van der Waals surface area contributed by atoms with E-state index in [-0.39, 0.29) is 5.56 Å². The molecule has 0 aliphatic carbocycles. The van der Waals surface area contributed by atoms with E-state index in [1.807, 2.05) is 19.9 Å². The van der Waals surface area contributed by atoms with Crippen molar-refractivity contribution in [2.75, 3.05) is 21.3 Å². The lowest BCUT2D eigenvalue weighted by atomic mass is 10.2. The molecule has 0 aliphatic heterocycles. The first-order chi connectivity index (χ1) is 11.0. The zero-order valence-corrected chi connectivity index (χ0v) is 13.9. The Hall–Kier alpha value is -2.76. The number of ether oxygens (including phenoxy) is 3. The molecule has 0 spiro atoms. The van der Waals surface area contributed by atoms with Gasteiger partial charge >= 0.3 is 0 Å². The standard InChI is InChI=1S/C17H20N2O4/c1-11-6-12(2)19(16(20)7-11)18-10-13-8-14(21-3)17(23-5)15(9-13)22-4/h6-10H,1-5H3/b18-10+. The van der Waals surface area contributed by atoms with E-state index in [9.17, 15) is 4.79 Å². The van der Waals surface area contributed by atoms with Crippen LogP contribution in [0.4, 0.5) is 0 Å². The Kier molecular flexibility index (Phi) is 5.05. The molecule has 0 saturated heterocycles. The summed E-state index contributed by atoms with van der Waals surface area (Å²) in [6, 6.07) is 6.96. The van der Waals surface area contributed by atoms with Crippen LogP contribution in [-0.2, 0) is 0 Å². The van der Waals surface area contributed by atoms with Gasteiger partial charge < -0.3 is 14.2 Å².